The second-order valence-electron chi connectivity index (χ2n) is 6.36. The molecular formula is C15H32N2O2. The molecule has 4 heteroatoms. The van der Waals surface area contributed by atoms with Gasteiger partial charge in [0, 0.05) is 19.2 Å². The van der Waals surface area contributed by atoms with Crippen LogP contribution in [0.4, 0.5) is 0 Å². The average Bonchev–Trinajstić information content (AvgIpc) is 2.29. The summed E-state index contributed by atoms with van der Waals surface area (Å²) in [6.45, 7) is 11.7. The van der Waals surface area contributed by atoms with Crippen LogP contribution in [0.3, 0.4) is 0 Å². The highest BCUT2D eigenvalue weighted by atomic mass is 16.5. The summed E-state index contributed by atoms with van der Waals surface area (Å²) in [4.78, 5) is 14.1. The van der Waals surface area contributed by atoms with Crippen molar-refractivity contribution < 1.29 is 9.53 Å². The molecule has 0 aromatic carbocycles. The molecule has 2 atom stereocenters. The van der Waals surface area contributed by atoms with Crippen molar-refractivity contribution in [3.8, 4) is 0 Å². The van der Waals surface area contributed by atoms with E-state index in [0.717, 1.165) is 6.42 Å². The summed E-state index contributed by atoms with van der Waals surface area (Å²) in [6.07, 6.45) is 0.707. The minimum Gasteiger partial charge on any atom is -0.368 e. The van der Waals surface area contributed by atoms with Crippen LogP contribution in [0.5, 0.6) is 0 Å². The van der Waals surface area contributed by atoms with Crippen LogP contribution >= 0.6 is 0 Å². The molecule has 0 fully saturated rings. The molecule has 0 saturated carbocycles. The Kier molecular flexibility index (Phi) is 9.02. The molecule has 114 valence electrons. The van der Waals surface area contributed by atoms with Crippen LogP contribution < -0.4 is 5.32 Å². The topological polar surface area (TPSA) is 41.6 Å². The molecule has 0 unspecified atom stereocenters. The second kappa shape index (κ2) is 9.32. The highest BCUT2D eigenvalue weighted by molar-refractivity contribution is 5.80. The first kappa shape index (κ1) is 18.4. The number of nitrogens with one attached hydrogen (secondary N) is 1. The average molecular weight is 272 g/mol. The van der Waals surface area contributed by atoms with Crippen LogP contribution in [0.2, 0.25) is 0 Å². The zero-order valence-corrected chi connectivity index (χ0v) is 13.7. The van der Waals surface area contributed by atoms with Gasteiger partial charge in [0.1, 0.15) is 6.10 Å². The van der Waals surface area contributed by atoms with Crippen molar-refractivity contribution in [2.45, 2.75) is 53.2 Å². The summed E-state index contributed by atoms with van der Waals surface area (Å²) < 4.78 is 5.51. The van der Waals surface area contributed by atoms with Crippen molar-refractivity contribution in [1.82, 2.24) is 10.2 Å². The van der Waals surface area contributed by atoms with Gasteiger partial charge in [-0.2, -0.15) is 0 Å². The largest absolute Gasteiger partial charge is 0.368 e. The molecule has 0 saturated heterocycles. The van der Waals surface area contributed by atoms with E-state index >= 15 is 0 Å². The molecule has 19 heavy (non-hydrogen) atoms. The zero-order valence-electron chi connectivity index (χ0n) is 13.7. The molecule has 1 amide bonds. The predicted octanol–water partition coefficient (Wildman–Crippen LogP) is 2.14. The van der Waals surface area contributed by atoms with Crippen LogP contribution in [0.25, 0.3) is 0 Å². The van der Waals surface area contributed by atoms with Gasteiger partial charge < -0.3 is 15.0 Å². The van der Waals surface area contributed by atoms with Gasteiger partial charge in [0.05, 0.1) is 0 Å². The third kappa shape index (κ3) is 9.00. The van der Waals surface area contributed by atoms with E-state index in [1.54, 1.807) is 0 Å². The highest BCUT2D eigenvalue weighted by Gasteiger charge is 2.18. The number of carbonyl (C=O) groups is 1. The van der Waals surface area contributed by atoms with Gasteiger partial charge in [-0.05, 0) is 39.3 Å². The van der Waals surface area contributed by atoms with E-state index in [9.17, 15) is 4.79 Å². The fourth-order valence-corrected chi connectivity index (χ4v) is 1.80. The van der Waals surface area contributed by atoms with Gasteiger partial charge in [-0.25, -0.2) is 0 Å². The number of nitrogens with zero attached hydrogens (tertiary/aromatic N) is 1. The normalized spacial score (nSPS) is 15.1. The Balaban J connectivity index is 4.09. The highest BCUT2D eigenvalue weighted by Crippen LogP contribution is 2.08. The summed E-state index contributed by atoms with van der Waals surface area (Å²) in [5.41, 5.74) is 0. The number of hydrogen-bond donors (Lipinski definition) is 1. The van der Waals surface area contributed by atoms with E-state index in [1.807, 2.05) is 6.92 Å². The zero-order chi connectivity index (χ0) is 15.0. The lowest BCUT2D eigenvalue weighted by atomic mass is 10.0. The van der Waals surface area contributed by atoms with Crippen LogP contribution in [0.1, 0.15) is 41.0 Å². The van der Waals surface area contributed by atoms with Crippen molar-refractivity contribution in [3.05, 3.63) is 0 Å². The summed E-state index contributed by atoms with van der Waals surface area (Å²) >= 11 is 0. The van der Waals surface area contributed by atoms with Gasteiger partial charge >= 0.3 is 0 Å². The first-order valence-electron chi connectivity index (χ1n) is 7.29. The maximum atomic E-state index is 11.9. The third-order valence-electron chi connectivity index (χ3n) is 3.03. The number of ether oxygens (including phenoxy) is 1. The van der Waals surface area contributed by atoms with Gasteiger partial charge in [0.15, 0.2) is 0 Å². The van der Waals surface area contributed by atoms with Crippen LogP contribution in [0, 0.1) is 11.8 Å². The first-order chi connectivity index (χ1) is 8.73. The van der Waals surface area contributed by atoms with E-state index < -0.39 is 0 Å². The van der Waals surface area contributed by atoms with Crippen molar-refractivity contribution in [2.24, 2.45) is 11.8 Å². The molecule has 0 rings (SSSR count). The number of rotatable bonds is 9. The maximum absolute atomic E-state index is 11.9. The minimum absolute atomic E-state index is 0.0174. The standard InChI is InChI=1S/C15H32N2O2/c1-11(2)8-14(17(6)7)9-16-15(18)13(5)19-10-12(3)4/h11-14H,8-10H2,1-7H3,(H,16,18)/t13-,14+/m0/s1. The van der Waals surface area contributed by atoms with E-state index in [2.05, 4.69) is 52.0 Å². The summed E-state index contributed by atoms with van der Waals surface area (Å²) in [7, 11) is 4.11. The van der Waals surface area contributed by atoms with E-state index in [-0.39, 0.29) is 12.0 Å². The summed E-state index contributed by atoms with van der Waals surface area (Å²) in [5.74, 6) is 1.06. The number of amides is 1. The van der Waals surface area contributed by atoms with Gasteiger partial charge in [0.25, 0.3) is 0 Å². The van der Waals surface area contributed by atoms with Crippen LogP contribution in [0.15, 0.2) is 0 Å². The molecule has 1 N–H and O–H groups in total. The Bertz CT molecular complexity index is 253. The second-order valence-corrected chi connectivity index (χ2v) is 6.36. The van der Waals surface area contributed by atoms with Crippen molar-refractivity contribution in [3.63, 3.8) is 0 Å². The minimum atomic E-state index is -0.371. The smallest absolute Gasteiger partial charge is 0.248 e. The van der Waals surface area contributed by atoms with E-state index in [4.69, 9.17) is 4.74 Å². The SMILES string of the molecule is CC(C)CO[C@@H](C)C(=O)NC[C@@H](CC(C)C)N(C)C. The van der Waals surface area contributed by atoms with Crippen LogP contribution in [-0.4, -0.2) is 50.2 Å². The van der Waals surface area contributed by atoms with Crippen molar-refractivity contribution in [2.75, 3.05) is 27.2 Å². The molecular weight excluding hydrogens is 240 g/mol. The van der Waals surface area contributed by atoms with Gasteiger partial charge in [-0.1, -0.05) is 27.7 Å². The maximum Gasteiger partial charge on any atom is 0.248 e. The Morgan fingerprint density at radius 1 is 1.11 bits per heavy atom. The quantitative estimate of drug-likeness (QED) is 0.699. The number of hydrogen-bond acceptors (Lipinski definition) is 3. The molecule has 0 heterocycles. The van der Waals surface area contributed by atoms with Gasteiger partial charge in [-0.3, -0.25) is 4.79 Å². The summed E-state index contributed by atoms with van der Waals surface area (Å²) in [6, 6.07) is 0.376. The van der Waals surface area contributed by atoms with Crippen molar-refractivity contribution in [1.29, 1.82) is 0 Å². The Labute approximate surface area is 118 Å². The Morgan fingerprint density at radius 3 is 2.11 bits per heavy atom. The summed E-state index contributed by atoms with van der Waals surface area (Å²) in [5, 5.41) is 2.99. The van der Waals surface area contributed by atoms with Crippen LogP contribution in [-0.2, 0) is 9.53 Å². The fourth-order valence-electron chi connectivity index (χ4n) is 1.80. The number of likely N-dealkylation sites (N-methyl/N-ethyl adjacent to an activating group) is 1. The molecule has 4 nitrogen and oxygen atoms in total. The van der Waals surface area contributed by atoms with Gasteiger partial charge in [0.2, 0.25) is 5.91 Å². The van der Waals surface area contributed by atoms with Gasteiger partial charge in [-0.15, -0.1) is 0 Å². The molecule has 0 aliphatic rings. The lowest BCUT2D eigenvalue weighted by molar-refractivity contribution is -0.132. The number of carbonyl (C=O) groups excluding carboxylic acids is 1. The Hall–Kier alpha value is -0.610. The predicted molar refractivity (Wildman–Crippen MR) is 80.2 cm³/mol. The first-order valence-corrected chi connectivity index (χ1v) is 7.29. The monoisotopic (exact) mass is 272 g/mol. The fraction of sp³-hybridized carbons (Fsp3) is 0.933. The molecule has 0 spiro atoms. The lowest BCUT2D eigenvalue weighted by Crippen LogP contribution is -2.44. The Morgan fingerprint density at radius 2 is 1.68 bits per heavy atom. The molecule has 0 radical (unpaired) electrons. The molecule has 0 aliphatic heterocycles. The molecule has 0 bridgehead atoms. The third-order valence-corrected chi connectivity index (χ3v) is 3.03. The van der Waals surface area contributed by atoms with Crippen molar-refractivity contribution >= 4 is 5.91 Å². The lowest BCUT2D eigenvalue weighted by Gasteiger charge is -2.27. The van der Waals surface area contributed by atoms with E-state index in [0.29, 0.717) is 31.0 Å². The molecule has 0 aliphatic carbocycles. The molecule has 0 aromatic heterocycles. The molecule has 0 aromatic rings. The van der Waals surface area contributed by atoms with E-state index in [1.165, 1.54) is 0 Å².